The van der Waals surface area contributed by atoms with Crippen molar-refractivity contribution in [2.75, 3.05) is 30.5 Å². The van der Waals surface area contributed by atoms with Crippen LogP contribution in [0.15, 0.2) is 48.5 Å². The summed E-state index contributed by atoms with van der Waals surface area (Å²) in [6.07, 6.45) is 0.743. The molecule has 0 bridgehead atoms. The molecule has 0 aliphatic carbocycles. The average Bonchev–Trinajstić information content (AvgIpc) is 2.64. The Morgan fingerprint density at radius 3 is 2.42 bits per heavy atom. The molecule has 0 spiro atoms. The van der Waals surface area contributed by atoms with E-state index in [1.807, 2.05) is 24.3 Å². The third-order valence-electron chi connectivity index (χ3n) is 3.51. The minimum Gasteiger partial charge on any atom is -0.497 e. The van der Waals surface area contributed by atoms with E-state index in [2.05, 4.69) is 10.6 Å². The van der Waals surface area contributed by atoms with E-state index in [0.717, 1.165) is 17.7 Å². The van der Waals surface area contributed by atoms with E-state index in [1.165, 1.54) is 11.8 Å². The molecule has 0 aromatic heterocycles. The molecule has 0 aliphatic rings. The van der Waals surface area contributed by atoms with E-state index in [4.69, 9.17) is 16.3 Å². The molecule has 0 fully saturated rings. The zero-order chi connectivity index (χ0) is 18.8. The van der Waals surface area contributed by atoms with Crippen molar-refractivity contribution in [3.63, 3.8) is 0 Å². The number of methoxy groups -OCH3 is 1. The maximum absolute atomic E-state index is 11.9. The molecule has 2 amide bonds. The van der Waals surface area contributed by atoms with Crippen molar-refractivity contribution in [3.05, 3.63) is 59.1 Å². The first kappa shape index (κ1) is 20.1. The summed E-state index contributed by atoms with van der Waals surface area (Å²) in [5.74, 6) is 0.961. The average molecular weight is 393 g/mol. The predicted molar refractivity (Wildman–Crippen MR) is 107 cm³/mol. The summed E-state index contributed by atoms with van der Waals surface area (Å²) in [5, 5.41) is 6.06. The Morgan fingerprint density at radius 2 is 1.73 bits per heavy atom. The van der Waals surface area contributed by atoms with Crippen LogP contribution in [-0.2, 0) is 16.0 Å². The Balaban J connectivity index is 1.61. The van der Waals surface area contributed by atoms with Crippen molar-refractivity contribution >= 4 is 40.9 Å². The molecule has 2 rings (SSSR count). The van der Waals surface area contributed by atoms with Gasteiger partial charge in [0, 0.05) is 6.54 Å². The van der Waals surface area contributed by atoms with Gasteiger partial charge in [-0.15, -0.1) is 11.8 Å². The standard InChI is InChI=1S/C19H21ClN2O3S/c1-25-15-8-6-14(7-9-15)10-11-21-18(23)12-26-13-19(24)22-17-5-3-2-4-16(17)20/h2-9H,10-13H2,1H3,(H,21,23)(H,22,24). The first-order valence-electron chi connectivity index (χ1n) is 8.10. The second kappa shape index (κ2) is 10.7. The highest BCUT2D eigenvalue weighted by molar-refractivity contribution is 8.00. The lowest BCUT2D eigenvalue weighted by Gasteiger charge is -2.08. The zero-order valence-corrected chi connectivity index (χ0v) is 16.0. The monoisotopic (exact) mass is 392 g/mol. The lowest BCUT2D eigenvalue weighted by Crippen LogP contribution is -2.28. The second-order valence-electron chi connectivity index (χ2n) is 5.47. The van der Waals surface area contributed by atoms with Crippen molar-refractivity contribution in [1.82, 2.24) is 5.32 Å². The number of carbonyl (C=O) groups excluding carboxylic acids is 2. The van der Waals surface area contributed by atoms with Gasteiger partial charge in [-0.05, 0) is 36.2 Å². The van der Waals surface area contributed by atoms with E-state index in [1.54, 1.807) is 31.4 Å². The van der Waals surface area contributed by atoms with Crippen LogP contribution in [0.2, 0.25) is 5.02 Å². The van der Waals surface area contributed by atoms with Crippen LogP contribution >= 0.6 is 23.4 Å². The third kappa shape index (κ3) is 6.98. The molecule has 7 heteroatoms. The number of benzene rings is 2. The summed E-state index contributed by atoms with van der Waals surface area (Å²) < 4.78 is 5.11. The molecular weight excluding hydrogens is 372 g/mol. The number of carbonyl (C=O) groups is 2. The van der Waals surface area contributed by atoms with Gasteiger partial charge in [0.1, 0.15) is 5.75 Å². The minimum atomic E-state index is -0.186. The van der Waals surface area contributed by atoms with Crippen LogP contribution in [0.1, 0.15) is 5.56 Å². The van der Waals surface area contributed by atoms with Crippen LogP contribution in [-0.4, -0.2) is 37.0 Å². The SMILES string of the molecule is COc1ccc(CCNC(=O)CSCC(=O)Nc2ccccc2Cl)cc1. The van der Waals surface area contributed by atoms with E-state index in [0.29, 0.717) is 17.3 Å². The molecule has 0 atom stereocenters. The number of thioether (sulfide) groups is 1. The van der Waals surface area contributed by atoms with Gasteiger partial charge < -0.3 is 15.4 Å². The number of hydrogen-bond donors (Lipinski definition) is 2. The summed E-state index contributed by atoms with van der Waals surface area (Å²) in [5.41, 5.74) is 1.70. The number of para-hydroxylation sites is 1. The molecular formula is C19H21ClN2O3S. The molecule has 0 radical (unpaired) electrons. The summed E-state index contributed by atoms with van der Waals surface area (Å²) in [6.45, 7) is 0.553. The fourth-order valence-electron chi connectivity index (χ4n) is 2.17. The highest BCUT2D eigenvalue weighted by Crippen LogP contribution is 2.20. The highest BCUT2D eigenvalue weighted by Gasteiger charge is 2.07. The summed E-state index contributed by atoms with van der Waals surface area (Å²) >= 11 is 7.25. The highest BCUT2D eigenvalue weighted by atomic mass is 35.5. The third-order valence-corrected chi connectivity index (χ3v) is 4.77. The van der Waals surface area contributed by atoms with E-state index in [-0.39, 0.29) is 23.3 Å². The molecule has 2 aromatic carbocycles. The number of nitrogens with one attached hydrogen (secondary N) is 2. The zero-order valence-electron chi connectivity index (χ0n) is 14.5. The van der Waals surface area contributed by atoms with Gasteiger partial charge >= 0.3 is 0 Å². The normalized spacial score (nSPS) is 10.2. The Bertz CT molecular complexity index is 738. The molecule has 5 nitrogen and oxygen atoms in total. The van der Waals surface area contributed by atoms with Crippen LogP contribution in [0.25, 0.3) is 0 Å². The van der Waals surface area contributed by atoms with Crippen molar-refractivity contribution in [2.24, 2.45) is 0 Å². The number of halogens is 1. The molecule has 2 N–H and O–H groups in total. The van der Waals surface area contributed by atoms with Gasteiger partial charge in [-0.2, -0.15) is 0 Å². The second-order valence-corrected chi connectivity index (χ2v) is 6.86. The predicted octanol–water partition coefficient (Wildman–Crippen LogP) is 3.38. The number of ether oxygens (including phenoxy) is 1. The molecule has 138 valence electrons. The molecule has 0 saturated carbocycles. The van der Waals surface area contributed by atoms with Crippen LogP contribution in [0.3, 0.4) is 0 Å². The lowest BCUT2D eigenvalue weighted by atomic mass is 10.1. The van der Waals surface area contributed by atoms with E-state index < -0.39 is 0 Å². The fraction of sp³-hybridized carbons (Fsp3) is 0.263. The maximum atomic E-state index is 11.9. The topological polar surface area (TPSA) is 67.4 Å². The summed E-state index contributed by atoms with van der Waals surface area (Å²) in [6, 6.07) is 14.8. The molecule has 2 aromatic rings. The van der Waals surface area contributed by atoms with Gasteiger partial charge in [0.05, 0.1) is 29.3 Å². The lowest BCUT2D eigenvalue weighted by molar-refractivity contribution is -0.118. The van der Waals surface area contributed by atoms with Gasteiger partial charge in [0.2, 0.25) is 11.8 Å². The molecule has 0 aliphatic heterocycles. The van der Waals surface area contributed by atoms with Crippen molar-refractivity contribution in [1.29, 1.82) is 0 Å². The Kier molecular flexibility index (Phi) is 8.31. The van der Waals surface area contributed by atoms with E-state index >= 15 is 0 Å². The Morgan fingerprint density at radius 1 is 1.04 bits per heavy atom. The van der Waals surface area contributed by atoms with Crippen molar-refractivity contribution in [3.8, 4) is 5.75 Å². The Labute approximate surface area is 162 Å². The fourth-order valence-corrected chi connectivity index (χ4v) is 3.00. The largest absolute Gasteiger partial charge is 0.497 e. The Hall–Kier alpha value is -2.18. The molecule has 0 saturated heterocycles. The van der Waals surface area contributed by atoms with Gasteiger partial charge in [-0.1, -0.05) is 35.9 Å². The van der Waals surface area contributed by atoms with Gasteiger partial charge in [-0.3, -0.25) is 9.59 Å². The van der Waals surface area contributed by atoms with Gasteiger partial charge in [-0.25, -0.2) is 0 Å². The van der Waals surface area contributed by atoms with Crippen LogP contribution in [0.4, 0.5) is 5.69 Å². The van der Waals surface area contributed by atoms with Crippen LogP contribution in [0, 0.1) is 0 Å². The quantitative estimate of drug-likeness (QED) is 0.686. The van der Waals surface area contributed by atoms with Crippen LogP contribution in [0.5, 0.6) is 5.75 Å². The first-order valence-corrected chi connectivity index (χ1v) is 9.63. The van der Waals surface area contributed by atoms with Gasteiger partial charge in [0.15, 0.2) is 0 Å². The minimum absolute atomic E-state index is 0.0888. The molecule has 0 heterocycles. The molecule has 0 unspecified atom stereocenters. The van der Waals surface area contributed by atoms with Gasteiger partial charge in [0.25, 0.3) is 0 Å². The smallest absolute Gasteiger partial charge is 0.234 e. The first-order chi connectivity index (χ1) is 12.6. The van der Waals surface area contributed by atoms with Crippen molar-refractivity contribution < 1.29 is 14.3 Å². The number of hydrogen-bond acceptors (Lipinski definition) is 4. The summed E-state index contributed by atoms with van der Waals surface area (Å²) in [7, 11) is 1.63. The summed E-state index contributed by atoms with van der Waals surface area (Å²) in [4.78, 5) is 23.7. The van der Waals surface area contributed by atoms with Crippen LogP contribution < -0.4 is 15.4 Å². The number of rotatable bonds is 9. The van der Waals surface area contributed by atoms with Crippen molar-refractivity contribution in [2.45, 2.75) is 6.42 Å². The number of amides is 2. The van der Waals surface area contributed by atoms with E-state index in [9.17, 15) is 9.59 Å². The number of anilines is 1. The maximum Gasteiger partial charge on any atom is 0.234 e. The molecule has 26 heavy (non-hydrogen) atoms.